The number of nitrogens with zero attached hydrogens (tertiary/aromatic N) is 1. The average molecular weight is 304 g/mol. The van der Waals surface area contributed by atoms with Crippen LogP contribution in [-0.2, 0) is 16.0 Å². The number of nitrogens with one attached hydrogen (secondary N) is 1. The highest BCUT2D eigenvalue weighted by molar-refractivity contribution is 7.13. The molecule has 2 aromatic rings. The zero-order valence-corrected chi connectivity index (χ0v) is 13.4. The number of carbonyl (C=O) groups excluding carboxylic acids is 1. The number of esters is 1. The lowest BCUT2D eigenvalue weighted by Crippen LogP contribution is -2.07. The van der Waals surface area contributed by atoms with Crippen molar-refractivity contribution in [2.24, 2.45) is 0 Å². The molecular weight excluding hydrogens is 284 g/mol. The fraction of sp³-hybridized carbons (Fsp3) is 0.375. The molecule has 112 valence electrons. The normalized spacial score (nSPS) is 10.7. The van der Waals surface area contributed by atoms with Crippen LogP contribution >= 0.6 is 11.3 Å². The Kier molecular flexibility index (Phi) is 5.33. The van der Waals surface area contributed by atoms with Gasteiger partial charge in [0.05, 0.1) is 18.7 Å². The Morgan fingerprint density at radius 2 is 2.24 bits per heavy atom. The Morgan fingerprint density at radius 3 is 2.95 bits per heavy atom. The number of hydrogen-bond acceptors (Lipinski definition) is 5. The van der Waals surface area contributed by atoms with E-state index in [9.17, 15) is 4.79 Å². The van der Waals surface area contributed by atoms with E-state index in [0.29, 0.717) is 12.5 Å². The summed E-state index contributed by atoms with van der Waals surface area (Å²) in [5.74, 6) is 0.249. The van der Waals surface area contributed by atoms with Crippen LogP contribution in [0.1, 0.15) is 37.9 Å². The molecule has 21 heavy (non-hydrogen) atoms. The van der Waals surface area contributed by atoms with Crippen molar-refractivity contribution in [2.75, 3.05) is 11.9 Å². The summed E-state index contributed by atoms with van der Waals surface area (Å²) in [7, 11) is 0. The fourth-order valence-corrected chi connectivity index (χ4v) is 2.63. The molecule has 0 saturated carbocycles. The molecule has 0 saturated heterocycles. The summed E-state index contributed by atoms with van der Waals surface area (Å²) in [6, 6.07) is 8.28. The van der Waals surface area contributed by atoms with Crippen LogP contribution in [0.3, 0.4) is 0 Å². The van der Waals surface area contributed by atoms with Gasteiger partial charge in [0.1, 0.15) is 0 Å². The molecule has 0 unspecified atom stereocenters. The van der Waals surface area contributed by atoms with Gasteiger partial charge in [0.15, 0.2) is 5.13 Å². The van der Waals surface area contributed by atoms with Gasteiger partial charge in [-0.25, -0.2) is 4.98 Å². The number of anilines is 2. The minimum atomic E-state index is -0.240. The molecule has 4 nitrogen and oxygen atoms in total. The Bertz CT molecular complexity index is 608. The molecule has 0 aliphatic rings. The van der Waals surface area contributed by atoms with Gasteiger partial charge in [0.2, 0.25) is 0 Å². The van der Waals surface area contributed by atoms with E-state index < -0.39 is 0 Å². The molecule has 1 heterocycles. The maximum Gasteiger partial charge on any atom is 0.311 e. The molecular formula is C16H20N2O2S. The van der Waals surface area contributed by atoms with Gasteiger partial charge in [-0.15, -0.1) is 11.3 Å². The maximum absolute atomic E-state index is 11.4. The van der Waals surface area contributed by atoms with E-state index in [-0.39, 0.29) is 12.4 Å². The number of aromatic nitrogens is 1. The molecule has 0 aliphatic carbocycles. The first-order chi connectivity index (χ1) is 10.1. The predicted molar refractivity (Wildman–Crippen MR) is 86.3 cm³/mol. The maximum atomic E-state index is 11.4. The summed E-state index contributed by atoms with van der Waals surface area (Å²) in [5.41, 5.74) is 3.03. The Morgan fingerprint density at radius 1 is 1.43 bits per heavy atom. The van der Waals surface area contributed by atoms with E-state index in [0.717, 1.165) is 16.5 Å². The van der Waals surface area contributed by atoms with Gasteiger partial charge in [-0.3, -0.25) is 4.79 Å². The van der Waals surface area contributed by atoms with Crippen LogP contribution in [-0.4, -0.2) is 17.6 Å². The van der Waals surface area contributed by atoms with Gasteiger partial charge in [-0.2, -0.15) is 0 Å². The molecule has 0 bridgehead atoms. The third-order valence-electron chi connectivity index (χ3n) is 2.99. The Labute approximate surface area is 129 Å². The lowest BCUT2D eigenvalue weighted by atomic mass is 10.0. The number of carbonyl (C=O) groups is 1. The topological polar surface area (TPSA) is 51.2 Å². The van der Waals surface area contributed by atoms with Crippen LogP contribution in [0.25, 0.3) is 0 Å². The van der Waals surface area contributed by atoms with Gasteiger partial charge >= 0.3 is 5.97 Å². The average Bonchev–Trinajstić information content (AvgIpc) is 2.86. The minimum Gasteiger partial charge on any atom is -0.466 e. The van der Waals surface area contributed by atoms with Gasteiger partial charge < -0.3 is 10.1 Å². The van der Waals surface area contributed by atoms with Crippen LogP contribution in [0.4, 0.5) is 10.8 Å². The van der Waals surface area contributed by atoms with E-state index >= 15 is 0 Å². The number of benzene rings is 1. The third kappa shape index (κ3) is 4.56. The van der Waals surface area contributed by atoms with Gasteiger partial charge in [0.25, 0.3) is 0 Å². The smallest absolute Gasteiger partial charge is 0.311 e. The molecule has 0 radical (unpaired) electrons. The monoisotopic (exact) mass is 304 g/mol. The van der Waals surface area contributed by atoms with Crippen molar-refractivity contribution in [3.63, 3.8) is 0 Å². The number of hydrogen-bond donors (Lipinski definition) is 1. The van der Waals surface area contributed by atoms with Crippen molar-refractivity contribution in [2.45, 2.75) is 33.1 Å². The predicted octanol–water partition coefficient (Wildman–Crippen LogP) is 4.12. The molecule has 0 spiro atoms. The highest BCUT2D eigenvalue weighted by Gasteiger charge is 2.09. The molecule has 1 N–H and O–H groups in total. The third-order valence-corrected chi connectivity index (χ3v) is 3.79. The SMILES string of the molecule is CCOC(=O)Cc1csc(Nc2cccc(C(C)C)c2)n1. The second-order valence-electron chi connectivity index (χ2n) is 5.03. The van der Waals surface area contributed by atoms with Crippen LogP contribution in [0.15, 0.2) is 29.6 Å². The fourth-order valence-electron chi connectivity index (χ4n) is 1.90. The lowest BCUT2D eigenvalue weighted by Gasteiger charge is -2.08. The number of rotatable bonds is 6. The van der Waals surface area contributed by atoms with E-state index in [1.165, 1.54) is 16.9 Å². The summed E-state index contributed by atoms with van der Waals surface area (Å²) in [6.45, 7) is 6.53. The summed E-state index contributed by atoms with van der Waals surface area (Å²) in [4.78, 5) is 15.8. The first-order valence-electron chi connectivity index (χ1n) is 7.05. The molecule has 0 amide bonds. The standard InChI is InChI=1S/C16H20N2O2S/c1-4-20-15(19)9-14-10-21-16(18-14)17-13-7-5-6-12(8-13)11(2)3/h5-8,10-11H,4,9H2,1-3H3,(H,17,18). The second-order valence-corrected chi connectivity index (χ2v) is 5.89. The zero-order chi connectivity index (χ0) is 15.2. The first kappa shape index (κ1) is 15.5. The van der Waals surface area contributed by atoms with Crippen LogP contribution in [0, 0.1) is 0 Å². The van der Waals surface area contributed by atoms with Gasteiger partial charge in [0, 0.05) is 11.1 Å². The minimum absolute atomic E-state index is 0.220. The summed E-state index contributed by atoms with van der Waals surface area (Å²) in [6.07, 6.45) is 0.220. The highest BCUT2D eigenvalue weighted by atomic mass is 32.1. The highest BCUT2D eigenvalue weighted by Crippen LogP contribution is 2.24. The Hall–Kier alpha value is -1.88. The molecule has 1 aromatic carbocycles. The van der Waals surface area contributed by atoms with Crippen LogP contribution in [0.2, 0.25) is 0 Å². The van der Waals surface area contributed by atoms with E-state index in [4.69, 9.17) is 4.74 Å². The largest absolute Gasteiger partial charge is 0.466 e. The van der Waals surface area contributed by atoms with Crippen LogP contribution < -0.4 is 5.32 Å². The second kappa shape index (κ2) is 7.22. The van der Waals surface area contributed by atoms with Gasteiger partial charge in [-0.1, -0.05) is 26.0 Å². The number of thiazole rings is 1. The summed E-state index contributed by atoms with van der Waals surface area (Å²) >= 11 is 1.49. The van der Waals surface area contributed by atoms with Crippen molar-refractivity contribution in [3.8, 4) is 0 Å². The quantitative estimate of drug-likeness (QED) is 0.816. The summed E-state index contributed by atoms with van der Waals surface area (Å²) in [5, 5.41) is 5.95. The van der Waals surface area contributed by atoms with Crippen molar-refractivity contribution in [1.29, 1.82) is 0 Å². The Balaban J connectivity index is 2.02. The first-order valence-corrected chi connectivity index (χ1v) is 7.93. The van der Waals surface area contributed by atoms with Crippen molar-refractivity contribution in [3.05, 3.63) is 40.9 Å². The number of ether oxygens (including phenoxy) is 1. The van der Waals surface area contributed by atoms with E-state index in [2.05, 4.69) is 36.3 Å². The molecule has 2 rings (SSSR count). The summed E-state index contributed by atoms with van der Waals surface area (Å²) < 4.78 is 4.92. The zero-order valence-electron chi connectivity index (χ0n) is 12.6. The molecule has 0 fully saturated rings. The van der Waals surface area contributed by atoms with Crippen molar-refractivity contribution >= 4 is 28.1 Å². The molecule has 1 aromatic heterocycles. The van der Waals surface area contributed by atoms with Crippen molar-refractivity contribution in [1.82, 2.24) is 4.98 Å². The van der Waals surface area contributed by atoms with E-state index in [1.54, 1.807) is 6.92 Å². The molecule has 5 heteroatoms. The van der Waals surface area contributed by atoms with E-state index in [1.807, 2.05) is 17.5 Å². The lowest BCUT2D eigenvalue weighted by molar-refractivity contribution is -0.142. The van der Waals surface area contributed by atoms with Gasteiger partial charge in [-0.05, 0) is 30.5 Å². The van der Waals surface area contributed by atoms with Crippen LogP contribution in [0.5, 0.6) is 0 Å². The molecule has 0 atom stereocenters. The van der Waals surface area contributed by atoms with Crippen molar-refractivity contribution < 1.29 is 9.53 Å². The molecule has 0 aliphatic heterocycles.